The van der Waals surface area contributed by atoms with E-state index in [0.29, 0.717) is 13.1 Å². The fourth-order valence-corrected chi connectivity index (χ4v) is 2.32. The Kier molecular flexibility index (Phi) is 3.19. The number of nitrogens with two attached hydrogens (primary N) is 1. The standard InChI is InChI=1S/C14H13ClN4/c15-11-5-2-1-4-10(11)9-19-13(8-16)18-12-6-3-7-17-14(12)19/h1-7H,8-9,16H2. The Hall–Kier alpha value is -1.91. The molecule has 0 radical (unpaired) electrons. The van der Waals surface area contributed by atoms with Gasteiger partial charge in [-0.05, 0) is 23.8 Å². The second-order valence-corrected chi connectivity index (χ2v) is 4.66. The third kappa shape index (κ3) is 2.20. The molecule has 0 saturated carbocycles. The molecule has 0 spiro atoms. The van der Waals surface area contributed by atoms with Gasteiger partial charge >= 0.3 is 0 Å². The Morgan fingerprint density at radius 3 is 2.79 bits per heavy atom. The van der Waals surface area contributed by atoms with Crippen molar-refractivity contribution >= 4 is 22.8 Å². The number of aromatic nitrogens is 3. The van der Waals surface area contributed by atoms with Gasteiger partial charge in [0.2, 0.25) is 0 Å². The first-order valence-electron chi connectivity index (χ1n) is 6.03. The molecule has 2 aromatic heterocycles. The van der Waals surface area contributed by atoms with Gasteiger partial charge in [0.1, 0.15) is 11.3 Å². The molecular weight excluding hydrogens is 260 g/mol. The number of halogens is 1. The average Bonchev–Trinajstić information content (AvgIpc) is 2.79. The zero-order chi connectivity index (χ0) is 13.2. The number of benzene rings is 1. The van der Waals surface area contributed by atoms with Crippen LogP contribution in [0.1, 0.15) is 11.4 Å². The van der Waals surface area contributed by atoms with Crippen LogP contribution < -0.4 is 5.73 Å². The molecule has 19 heavy (non-hydrogen) atoms. The zero-order valence-electron chi connectivity index (χ0n) is 10.3. The Morgan fingerprint density at radius 1 is 1.16 bits per heavy atom. The quantitative estimate of drug-likeness (QED) is 0.797. The molecule has 0 saturated heterocycles. The van der Waals surface area contributed by atoms with Gasteiger partial charge < -0.3 is 10.3 Å². The fourth-order valence-electron chi connectivity index (χ4n) is 2.12. The predicted octanol–water partition coefficient (Wildman–Crippen LogP) is 2.59. The highest BCUT2D eigenvalue weighted by Crippen LogP contribution is 2.20. The molecular formula is C14H13ClN4. The van der Waals surface area contributed by atoms with Gasteiger partial charge in [-0.25, -0.2) is 9.97 Å². The van der Waals surface area contributed by atoms with Crippen LogP contribution in [0, 0.1) is 0 Å². The maximum absolute atomic E-state index is 6.20. The van der Waals surface area contributed by atoms with Gasteiger partial charge in [0, 0.05) is 11.2 Å². The van der Waals surface area contributed by atoms with Gasteiger partial charge in [0.15, 0.2) is 5.65 Å². The largest absolute Gasteiger partial charge is 0.324 e. The summed E-state index contributed by atoms with van der Waals surface area (Å²) in [6.45, 7) is 1.00. The smallest absolute Gasteiger partial charge is 0.160 e. The normalized spacial score (nSPS) is 11.1. The molecule has 96 valence electrons. The molecule has 1 aromatic carbocycles. The summed E-state index contributed by atoms with van der Waals surface area (Å²) >= 11 is 6.20. The minimum Gasteiger partial charge on any atom is -0.324 e. The summed E-state index contributed by atoms with van der Waals surface area (Å²) in [4.78, 5) is 8.87. The van der Waals surface area contributed by atoms with Crippen LogP contribution in [0.25, 0.3) is 11.2 Å². The molecule has 0 aliphatic carbocycles. The molecule has 2 N–H and O–H groups in total. The van der Waals surface area contributed by atoms with Gasteiger partial charge in [0.05, 0.1) is 13.1 Å². The van der Waals surface area contributed by atoms with Gasteiger partial charge in [-0.15, -0.1) is 0 Å². The molecule has 0 aliphatic heterocycles. The van der Waals surface area contributed by atoms with E-state index >= 15 is 0 Å². The number of hydrogen-bond donors (Lipinski definition) is 1. The zero-order valence-corrected chi connectivity index (χ0v) is 11.0. The van der Waals surface area contributed by atoms with E-state index in [9.17, 15) is 0 Å². The molecule has 0 amide bonds. The third-order valence-corrected chi connectivity index (χ3v) is 3.42. The van der Waals surface area contributed by atoms with Crippen LogP contribution in [0.2, 0.25) is 5.02 Å². The highest BCUT2D eigenvalue weighted by molar-refractivity contribution is 6.31. The summed E-state index contributed by atoms with van der Waals surface area (Å²) in [7, 11) is 0. The topological polar surface area (TPSA) is 56.7 Å². The Labute approximate surface area is 115 Å². The first-order chi connectivity index (χ1) is 9.29. The maximum Gasteiger partial charge on any atom is 0.160 e. The van der Waals surface area contributed by atoms with Crippen molar-refractivity contribution in [2.45, 2.75) is 13.1 Å². The summed E-state index contributed by atoms with van der Waals surface area (Å²) in [6.07, 6.45) is 1.76. The molecule has 0 bridgehead atoms. The monoisotopic (exact) mass is 272 g/mol. The van der Waals surface area contributed by atoms with Crippen molar-refractivity contribution in [3.63, 3.8) is 0 Å². The van der Waals surface area contributed by atoms with E-state index in [-0.39, 0.29) is 0 Å². The maximum atomic E-state index is 6.20. The van der Waals surface area contributed by atoms with Crippen molar-refractivity contribution in [3.8, 4) is 0 Å². The molecule has 0 atom stereocenters. The van der Waals surface area contributed by atoms with Gasteiger partial charge in [0.25, 0.3) is 0 Å². The van der Waals surface area contributed by atoms with E-state index in [2.05, 4.69) is 9.97 Å². The summed E-state index contributed by atoms with van der Waals surface area (Å²) in [5.74, 6) is 0.814. The molecule has 5 heteroatoms. The van der Waals surface area contributed by atoms with Gasteiger partial charge in [-0.2, -0.15) is 0 Å². The molecule has 0 aliphatic rings. The number of imidazole rings is 1. The predicted molar refractivity (Wildman–Crippen MR) is 76.0 cm³/mol. The van der Waals surface area contributed by atoms with Crippen LogP contribution >= 0.6 is 11.6 Å². The van der Waals surface area contributed by atoms with Crippen LogP contribution in [0.15, 0.2) is 42.6 Å². The summed E-state index contributed by atoms with van der Waals surface area (Å²) in [6, 6.07) is 11.6. The molecule has 0 fully saturated rings. The number of rotatable bonds is 3. The van der Waals surface area contributed by atoms with Crippen LogP contribution in [0.3, 0.4) is 0 Å². The second kappa shape index (κ2) is 4.99. The Balaban J connectivity index is 2.12. The van der Waals surface area contributed by atoms with E-state index in [1.165, 1.54) is 0 Å². The first kappa shape index (κ1) is 12.1. The van der Waals surface area contributed by atoms with Crippen molar-refractivity contribution < 1.29 is 0 Å². The lowest BCUT2D eigenvalue weighted by molar-refractivity contribution is 0.737. The minimum absolute atomic E-state index is 0.376. The van der Waals surface area contributed by atoms with Crippen LogP contribution in [-0.4, -0.2) is 14.5 Å². The molecule has 3 aromatic rings. The van der Waals surface area contributed by atoms with Crippen molar-refractivity contribution in [1.82, 2.24) is 14.5 Å². The lowest BCUT2D eigenvalue weighted by atomic mass is 10.2. The van der Waals surface area contributed by atoms with Crippen LogP contribution in [-0.2, 0) is 13.1 Å². The van der Waals surface area contributed by atoms with E-state index in [4.69, 9.17) is 17.3 Å². The Morgan fingerprint density at radius 2 is 2.00 bits per heavy atom. The average molecular weight is 273 g/mol. The lowest BCUT2D eigenvalue weighted by Gasteiger charge is -2.08. The number of fused-ring (bicyclic) bond motifs is 1. The van der Waals surface area contributed by atoms with Crippen molar-refractivity contribution in [2.75, 3.05) is 0 Å². The van der Waals surface area contributed by atoms with Crippen molar-refractivity contribution in [3.05, 3.63) is 59.0 Å². The van der Waals surface area contributed by atoms with Gasteiger partial charge in [-0.3, -0.25) is 0 Å². The molecule has 0 unspecified atom stereocenters. The minimum atomic E-state index is 0.376. The van der Waals surface area contributed by atoms with Crippen molar-refractivity contribution in [2.24, 2.45) is 5.73 Å². The Bertz CT molecular complexity index is 720. The van der Waals surface area contributed by atoms with E-state index < -0.39 is 0 Å². The van der Waals surface area contributed by atoms with Crippen LogP contribution in [0.4, 0.5) is 0 Å². The third-order valence-electron chi connectivity index (χ3n) is 3.05. The SMILES string of the molecule is NCc1nc2cccnc2n1Cc1ccccc1Cl. The molecule has 3 rings (SSSR count). The number of nitrogens with zero attached hydrogens (tertiary/aromatic N) is 3. The number of pyridine rings is 1. The lowest BCUT2D eigenvalue weighted by Crippen LogP contribution is -2.10. The highest BCUT2D eigenvalue weighted by Gasteiger charge is 2.11. The van der Waals surface area contributed by atoms with Crippen molar-refractivity contribution in [1.29, 1.82) is 0 Å². The highest BCUT2D eigenvalue weighted by atomic mass is 35.5. The molecule has 4 nitrogen and oxygen atoms in total. The number of hydrogen-bond acceptors (Lipinski definition) is 3. The van der Waals surface area contributed by atoms with Crippen LogP contribution in [0.5, 0.6) is 0 Å². The molecule has 2 heterocycles. The van der Waals surface area contributed by atoms with Gasteiger partial charge in [-0.1, -0.05) is 29.8 Å². The van der Waals surface area contributed by atoms with E-state index in [0.717, 1.165) is 27.6 Å². The fraction of sp³-hybridized carbons (Fsp3) is 0.143. The summed E-state index contributed by atoms with van der Waals surface area (Å²) in [5.41, 5.74) is 8.49. The second-order valence-electron chi connectivity index (χ2n) is 4.26. The first-order valence-corrected chi connectivity index (χ1v) is 6.41. The van der Waals surface area contributed by atoms with E-state index in [1.807, 2.05) is 41.0 Å². The summed E-state index contributed by atoms with van der Waals surface area (Å²) < 4.78 is 2.01. The van der Waals surface area contributed by atoms with E-state index in [1.54, 1.807) is 6.20 Å². The summed E-state index contributed by atoms with van der Waals surface area (Å²) in [5, 5.41) is 0.739.